The Morgan fingerprint density at radius 2 is 0.906 bits per heavy atom. The highest BCUT2D eigenvalue weighted by Crippen LogP contribution is 2.38. The first-order chi connectivity index (χ1) is 31.1. The molecule has 0 bridgehead atoms. The lowest BCUT2D eigenvalue weighted by atomic mass is 10.0. The molecule has 0 spiro atoms. The highest BCUT2D eigenvalue weighted by atomic mass is 31.2. The molecule has 8 nitrogen and oxygen atoms in total. The number of rotatable bonds is 49. The van der Waals surface area contributed by atoms with Crippen molar-refractivity contribution in [3.05, 3.63) is 60.8 Å². The molecule has 0 rings (SSSR count). The van der Waals surface area contributed by atoms with Gasteiger partial charge in [0.2, 0.25) is 0 Å². The Kier molecular flexibility index (Phi) is 46.3. The van der Waals surface area contributed by atoms with Gasteiger partial charge in [0.1, 0.15) is 19.3 Å². The van der Waals surface area contributed by atoms with Crippen LogP contribution in [0.2, 0.25) is 0 Å². The van der Waals surface area contributed by atoms with E-state index in [2.05, 4.69) is 74.6 Å². The number of carbonyl (C=O) groups is 1. The number of phosphoric acid groups is 1. The van der Waals surface area contributed by atoms with Gasteiger partial charge in [0.15, 0.2) is 0 Å². The number of esters is 1. The molecule has 0 radical (unpaired) electrons. The molecule has 2 unspecified atom stereocenters. The summed E-state index contributed by atoms with van der Waals surface area (Å²) in [5, 5.41) is 0. The van der Waals surface area contributed by atoms with E-state index in [4.69, 9.17) is 18.5 Å². The number of likely N-dealkylation sites (N-methyl/N-ethyl adjacent to an activating group) is 1. The number of allylic oxidation sites excluding steroid dienone is 10. The first kappa shape index (κ1) is 62.2. The van der Waals surface area contributed by atoms with Gasteiger partial charge in [0.05, 0.1) is 34.4 Å². The summed E-state index contributed by atoms with van der Waals surface area (Å²) in [4.78, 5) is 25.2. The van der Waals surface area contributed by atoms with E-state index in [1.165, 1.54) is 148 Å². The van der Waals surface area contributed by atoms with Gasteiger partial charge in [-0.25, -0.2) is 0 Å². The molecule has 0 aliphatic carbocycles. The molecule has 0 heterocycles. The number of hydrogen-bond donors (Lipinski definition) is 0. The molecule has 0 aromatic heterocycles. The Balaban J connectivity index is 4.14. The van der Waals surface area contributed by atoms with Crippen LogP contribution in [0.5, 0.6) is 0 Å². The van der Waals surface area contributed by atoms with Crippen molar-refractivity contribution in [2.24, 2.45) is 0 Å². The van der Waals surface area contributed by atoms with E-state index >= 15 is 0 Å². The number of ether oxygens (including phenoxy) is 2. The average Bonchev–Trinajstić information content (AvgIpc) is 3.25. The fourth-order valence-electron chi connectivity index (χ4n) is 7.24. The lowest BCUT2D eigenvalue weighted by Crippen LogP contribution is -2.37. The maximum absolute atomic E-state index is 12.8. The first-order valence-electron chi connectivity index (χ1n) is 26.5. The van der Waals surface area contributed by atoms with Gasteiger partial charge in [-0.15, -0.1) is 0 Å². The third kappa shape index (κ3) is 51.2. The molecule has 0 saturated carbocycles. The topological polar surface area (TPSA) is 94.1 Å². The monoisotopic (exact) mass is 920 g/mol. The Morgan fingerprint density at radius 1 is 0.500 bits per heavy atom. The highest BCUT2D eigenvalue weighted by Gasteiger charge is 2.20. The maximum atomic E-state index is 12.8. The molecule has 374 valence electrons. The van der Waals surface area contributed by atoms with Gasteiger partial charge in [-0.3, -0.25) is 9.36 Å². The van der Waals surface area contributed by atoms with E-state index < -0.39 is 13.9 Å². The van der Waals surface area contributed by atoms with Crippen LogP contribution < -0.4 is 4.89 Å². The standard InChI is InChI=1S/C55H102NO7P/c1-6-8-10-12-14-16-18-20-22-24-26-27-28-29-30-32-34-36-38-40-42-44-46-48-55(57)63-54(53-62-64(58,59)61-51-49-56(3,4)5)52-60-50-47-45-43-41-39-37-35-33-31-25-23-21-19-17-15-13-11-9-7-2/h8,10,14,16,20,22-23,25-27,54H,6-7,9,11-13,15,17-19,21,24,28-53H2,1-5H3/b10-8-,16-14-,22-20-,25-23-,27-26-. The van der Waals surface area contributed by atoms with Crippen molar-refractivity contribution in [1.82, 2.24) is 0 Å². The molecule has 0 saturated heterocycles. The molecule has 0 aliphatic rings. The van der Waals surface area contributed by atoms with Crippen molar-refractivity contribution in [3.8, 4) is 0 Å². The summed E-state index contributed by atoms with van der Waals surface area (Å²) in [7, 11) is 1.35. The third-order valence-electron chi connectivity index (χ3n) is 11.3. The van der Waals surface area contributed by atoms with Crippen LogP contribution in [0.4, 0.5) is 0 Å². The number of hydrogen-bond acceptors (Lipinski definition) is 7. The molecule has 0 aliphatic heterocycles. The molecule has 0 fully saturated rings. The fourth-order valence-corrected chi connectivity index (χ4v) is 7.97. The molecule has 0 aromatic carbocycles. The van der Waals surface area contributed by atoms with Crippen molar-refractivity contribution in [2.75, 3.05) is 54.1 Å². The van der Waals surface area contributed by atoms with Gasteiger partial charge >= 0.3 is 5.97 Å². The molecular formula is C55H102NO7P. The number of phosphoric ester groups is 1. The minimum atomic E-state index is -4.54. The number of unbranched alkanes of at least 4 members (excludes halogenated alkanes) is 25. The molecular weight excluding hydrogens is 818 g/mol. The Bertz CT molecular complexity index is 1210. The number of quaternary nitrogens is 1. The third-order valence-corrected chi connectivity index (χ3v) is 12.3. The van der Waals surface area contributed by atoms with Crippen molar-refractivity contribution in [3.63, 3.8) is 0 Å². The van der Waals surface area contributed by atoms with E-state index in [0.29, 0.717) is 24.1 Å². The van der Waals surface area contributed by atoms with Crippen LogP contribution in [0.1, 0.15) is 226 Å². The fraction of sp³-hybridized carbons (Fsp3) is 0.800. The smallest absolute Gasteiger partial charge is 0.306 e. The largest absolute Gasteiger partial charge is 0.756 e. The van der Waals surface area contributed by atoms with Crippen LogP contribution in [0.15, 0.2) is 60.8 Å². The summed E-state index contributed by atoms with van der Waals surface area (Å²) < 4.78 is 34.8. The second kappa shape index (κ2) is 47.7. The van der Waals surface area contributed by atoms with E-state index in [9.17, 15) is 14.3 Å². The molecule has 0 N–H and O–H groups in total. The zero-order valence-corrected chi connectivity index (χ0v) is 43.4. The lowest BCUT2D eigenvalue weighted by molar-refractivity contribution is -0.870. The molecule has 64 heavy (non-hydrogen) atoms. The Hall–Kier alpha value is -1.80. The van der Waals surface area contributed by atoms with Gasteiger partial charge in [-0.1, -0.05) is 203 Å². The zero-order chi connectivity index (χ0) is 46.9. The van der Waals surface area contributed by atoms with Crippen molar-refractivity contribution in [2.45, 2.75) is 232 Å². The lowest BCUT2D eigenvalue weighted by Gasteiger charge is -2.28. The molecule has 2 atom stereocenters. The summed E-state index contributed by atoms with van der Waals surface area (Å²) >= 11 is 0. The summed E-state index contributed by atoms with van der Waals surface area (Å²) in [6.45, 7) is 5.31. The van der Waals surface area contributed by atoms with Crippen LogP contribution in [0.25, 0.3) is 0 Å². The SMILES string of the molecule is CC/C=C\C/C=C\C/C=C\C/C=C\CCCCCCCCCCCCC(=O)OC(COCCCCCCCCCC/C=C\CCCCCCCCC)COP(=O)([O-])OCC[N+](C)(C)C. The van der Waals surface area contributed by atoms with Gasteiger partial charge in [-0.2, -0.15) is 0 Å². The predicted octanol–water partition coefficient (Wildman–Crippen LogP) is 15.8. The van der Waals surface area contributed by atoms with Crippen molar-refractivity contribution < 1.29 is 37.3 Å². The van der Waals surface area contributed by atoms with Gasteiger partial charge < -0.3 is 27.9 Å². The van der Waals surface area contributed by atoms with Crippen LogP contribution in [-0.2, 0) is 27.9 Å². The van der Waals surface area contributed by atoms with Crippen LogP contribution >= 0.6 is 7.82 Å². The predicted molar refractivity (Wildman–Crippen MR) is 273 cm³/mol. The first-order valence-corrected chi connectivity index (χ1v) is 28.0. The second-order valence-electron chi connectivity index (χ2n) is 18.9. The highest BCUT2D eigenvalue weighted by molar-refractivity contribution is 7.45. The normalized spacial score (nSPS) is 14.0. The zero-order valence-electron chi connectivity index (χ0n) is 42.5. The van der Waals surface area contributed by atoms with Gasteiger partial charge in [-0.05, 0) is 77.0 Å². The number of carbonyl (C=O) groups excluding carboxylic acids is 1. The van der Waals surface area contributed by atoms with E-state index in [1.807, 2.05) is 21.1 Å². The summed E-state index contributed by atoms with van der Waals surface area (Å²) in [5.74, 6) is -0.339. The summed E-state index contributed by atoms with van der Waals surface area (Å²) in [6.07, 6.45) is 61.0. The minimum absolute atomic E-state index is 0.0230. The van der Waals surface area contributed by atoms with Gasteiger partial charge in [0.25, 0.3) is 7.82 Å². The maximum Gasteiger partial charge on any atom is 0.306 e. The van der Waals surface area contributed by atoms with Crippen molar-refractivity contribution >= 4 is 13.8 Å². The van der Waals surface area contributed by atoms with E-state index in [1.54, 1.807) is 0 Å². The Morgan fingerprint density at radius 3 is 1.38 bits per heavy atom. The van der Waals surface area contributed by atoms with Crippen LogP contribution in [0.3, 0.4) is 0 Å². The Labute approximate surface area is 396 Å². The molecule has 9 heteroatoms. The number of nitrogens with zero attached hydrogens (tertiary/aromatic N) is 1. The quantitative estimate of drug-likeness (QED) is 0.0197. The summed E-state index contributed by atoms with van der Waals surface area (Å²) in [6, 6.07) is 0. The van der Waals surface area contributed by atoms with Crippen LogP contribution in [0, 0.1) is 0 Å². The minimum Gasteiger partial charge on any atom is -0.756 e. The van der Waals surface area contributed by atoms with Crippen LogP contribution in [-0.4, -0.2) is 70.7 Å². The average molecular weight is 920 g/mol. The molecule has 0 amide bonds. The van der Waals surface area contributed by atoms with E-state index in [-0.39, 0.29) is 25.8 Å². The van der Waals surface area contributed by atoms with E-state index in [0.717, 1.165) is 57.8 Å². The molecule has 0 aromatic rings. The summed E-state index contributed by atoms with van der Waals surface area (Å²) in [5.41, 5.74) is 0. The van der Waals surface area contributed by atoms with Gasteiger partial charge in [0, 0.05) is 13.0 Å². The second-order valence-corrected chi connectivity index (χ2v) is 20.3. The van der Waals surface area contributed by atoms with Crippen molar-refractivity contribution in [1.29, 1.82) is 0 Å².